The molecule has 4 heteroatoms. The Hall–Kier alpha value is -1.78. The SMILES string of the molecule is Fc1cccc(F)c1CN1CCOC(CCc2ccccc2)C1. The maximum absolute atomic E-state index is 13.8. The summed E-state index contributed by atoms with van der Waals surface area (Å²) in [6.07, 6.45) is 1.98. The Kier molecular flexibility index (Phi) is 5.36. The molecule has 1 saturated heterocycles. The molecule has 23 heavy (non-hydrogen) atoms. The Balaban J connectivity index is 1.56. The van der Waals surface area contributed by atoms with E-state index in [-0.39, 0.29) is 11.7 Å². The van der Waals surface area contributed by atoms with Gasteiger partial charge in [0.05, 0.1) is 12.7 Å². The molecule has 1 aliphatic rings. The van der Waals surface area contributed by atoms with E-state index in [2.05, 4.69) is 17.0 Å². The fourth-order valence-corrected chi connectivity index (χ4v) is 2.98. The topological polar surface area (TPSA) is 12.5 Å². The molecular formula is C19H21F2NO. The number of ether oxygens (including phenoxy) is 1. The molecule has 1 heterocycles. The first kappa shape index (κ1) is 16.1. The van der Waals surface area contributed by atoms with Gasteiger partial charge in [-0.05, 0) is 30.5 Å². The molecule has 0 spiro atoms. The van der Waals surface area contributed by atoms with E-state index in [0.717, 1.165) is 12.8 Å². The lowest BCUT2D eigenvalue weighted by atomic mass is 10.1. The van der Waals surface area contributed by atoms with Crippen LogP contribution in [0.5, 0.6) is 0 Å². The van der Waals surface area contributed by atoms with Crippen LogP contribution in [0, 0.1) is 11.6 Å². The molecule has 0 N–H and O–H groups in total. The lowest BCUT2D eigenvalue weighted by Gasteiger charge is -2.33. The van der Waals surface area contributed by atoms with Gasteiger partial charge in [-0.3, -0.25) is 4.90 Å². The molecule has 1 aliphatic heterocycles. The van der Waals surface area contributed by atoms with Gasteiger partial charge in [-0.1, -0.05) is 36.4 Å². The van der Waals surface area contributed by atoms with Crippen LogP contribution in [0.4, 0.5) is 8.78 Å². The Labute approximate surface area is 135 Å². The van der Waals surface area contributed by atoms with Crippen molar-refractivity contribution in [1.29, 1.82) is 0 Å². The van der Waals surface area contributed by atoms with Crippen LogP contribution in [0.3, 0.4) is 0 Å². The Bertz CT molecular complexity index is 612. The van der Waals surface area contributed by atoms with Crippen molar-refractivity contribution in [2.24, 2.45) is 0 Å². The molecule has 0 saturated carbocycles. The first-order chi connectivity index (χ1) is 11.2. The molecule has 0 radical (unpaired) electrons. The van der Waals surface area contributed by atoms with Crippen LogP contribution in [-0.2, 0) is 17.7 Å². The van der Waals surface area contributed by atoms with Crippen molar-refractivity contribution in [3.63, 3.8) is 0 Å². The lowest BCUT2D eigenvalue weighted by Crippen LogP contribution is -2.42. The molecule has 2 aromatic rings. The average molecular weight is 317 g/mol. The quantitative estimate of drug-likeness (QED) is 0.832. The van der Waals surface area contributed by atoms with Crippen LogP contribution in [0.1, 0.15) is 17.5 Å². The van der Waals surface area contributed by atoms with E-state index in [0.29, 0.717) is 26.2 Å². The van der Waals surface area contributed by atoms with Crippen molar-refractivity contribution in [1.82, 2.24) is 4.90 Å². The van der Waals surface area contributed by atoms with E-state index < -0.39 is 11.6 Å². The standard InChI is InChI=1S/C19H21F2NO/c20-18-7-4-8-19(21)17(18)14-22-11-12-23-16(13-22)10-9-15-5-2-1-3-6-15/h1-8,16H,9-14H2. The zero-order valence-electron chi connectivity index (χ0n) is 13.1. The minimum Gasteiger partial charge on any atom is -0.376 e. The van der Waals surface area contributed by atoms with Crippen LogP contribution in [0.25, 0.3) is 0 Å². The minimum atomic E-state index is -0.475. The summed E-state index contributed by atoms with van der Waals surface area (Å²) in [6.45, 7) is 2.31. The second-order valence-electron chi connectivity index (χ2n) is 5.95. The summed E-state index contributed by atoms with van der Waals surface area (Å²) in [5.41, 5.74) is 1.43. The minimum absolute atomic E-state index is 0.110. The summed E-state index contributed by atoms with van der Waals surface area (Å²) in [5, 5.41) is 0. The summed E-state index contributed by atoms with van der Waals surface area (Å²) >= 11 is 0. The molecule has 122 valence electrons. The number of nitrogens with zero attached hydrogens (tertiary/aromatic N) is 1. The zero-order chi connectivity index (χ0) is 16.1. The van der Waals surface area contributed by atoms with Crippen molar-refractivity contribution in [3.8, 4) is 0 Å². The van der Waals surface area contributed by atoms with E-state index in [1.807, 2.05) is 18.2 Å². The van der Waals surface area contributed by atoms with Crippen LogP contribution >= 0.6 is 0 Å². The van der Waals surface area contributed by atoms with Gasteiger partial charge >= 0.3 is 0 Å². The third kappa shape index (κ3) is 4.36. The molecule has 1 unspecified atom stereocenters. The smallest absolute Gasteiger partial charge is 0.130 e. The highest BCUT2D eigenvalue weighted by molar-refractivity contribution is 5.19. The highest BCUT2D eigenvalue weighted by Crippen LogP contribution is 2.18. The largest absolute Gasteiger partial charge is 0.376 e. The van der Waals surface area contributed by atoms with Gasteiger partial charge in [0.2, 0.25) is 0 Å². The summed E-state index contributed by atoms with van der Waals surface area (Å²) in [6, 6.07) is 14.3. The van der Waals surface area contributed by atoms with Crippen molar-refractivity contribution < 1.29 is 13.5 Å². The summed E-state index contributed by atoms with van der Waals surface area (Å²) < 4.78 is 33.3. The average Bonchev–Trinajstić information content (AvgIpc) is 2.58. The van der Waals surface area contributed by atoms with E-state index in [1.54, 1.807) is 0 Å². The number of hydrogen-bond acceptors (Lipinski definition) is 2. The molecule has 1 atom stereocenters. The van der Waals surface area contributed by atoms with Crippen molar-refractivity contribution >= 4 is 0 Å². The lowest BCUT2D eigenvalue weighted by molar-refractivity contribution is -0.0351. The van der Waals surface area contributed by atoms with Crippen molar-refractivity contribution in [2.45, 2.75) is 25.5 Å². The van der Waals surface area contributed by atoms with E-state index in [4.69, 9.17) is 4.74 Å². The first-order valence-corrected chi connectivity index (χ1v) is 8.03. The maximum atomic E-state index is 13.8. The highest BCUT2D eigenvalue weighted by atomic mass is 19.1. The Morgan fingerprint density at radius 1 is 1.00 bits per heavy atom. The van der Waals surface area contributed by atoms with Gasteiger partial charge in [-0.2, -0.15) is 0 Å². The molecular weight excluding hydrogens is 296 g/mol. The van der Waals surface area contributed by atoms with E-state index >= 15 is 0 Å². The predicted octanol–water partition coefficient (Wildman–Crippen LogP) is 3.80. The fraction of sp³-hybridized carbons (Fsp3) is 0.368. The van der Waals surface area contributed by atoms with Crippen molar-refractivity contribution in [2.75, 3.05) is 19.7 Å². The third-order valence-corrected chi connectivity index (χ3v) is 4.26. The third-order valence-electron chi connectivity index (χ3n) is 4.26. The molecule has 3 rings (SSSR count). The Morgan fingerprint density at radius 2 is 1.74 bits per heavy atom. The summed E-state index contributed by atoms with van der Waals surface area (Å²) in [5.74, 6) is -0.949. The summed E-state index contributed by atoms with van der Waals surface area (Å²) in [7, 11) is 0. The van der Waals surface area contributed by atoms with Crippen LogP contribution in [-0.4, -0.2) is 30.7 Å². The normalized spacial score (nSPS) is 19.0. The van der Waals surface area contributed by atoms with Crippen LogP contribution in [0.2, 0.25) is 0 Å². The van der Waals surface area contributed by atoms with Gasteiger partial charge in [-0.25, -0.2) is 8.78 Å². The number of hydrogen-bond donors (Lipinski definition) is 0. The number of halogens is 2. The number of aryl methyl sites for hydroxylation is 1. The van der Waals surface area contributed by atoms with E-state index in [1.165, 1.54) is 23.8 Å². The second kappa shape index (κ2) is 7.66. The molecule has 0 aliphatic carbocycles. The van der Waals surface area contributed by atoms with Gasteiger partial charge in [-0.15, -0.1) is 0 Å². The molecule has 0 bridgehead atoms. The van der Waals surface area contributed by atoms with E-state index in [9.17, 15) is 8.78 Å². The monoisotopic (exact) mass is 317 g/mol. The Morgan fingerprint density at radius 3 is 2.48 bits per heavy atom. The van der Waals surface area contributed by atoms with Crippen molar-refractivity contribution in [3.05, 3.63) is 71.3 Å². The van der Waals surface area contributed by atoms with Crippen LogP contribution < -0.4 is 0 Å². The summed E-state index contributed by atoms with van der Waals surface area (Å²) in [4.78, 5) is 2.07. The number of rotatable bonds is 5. The van der Waals surface area contributed by atoms with Gasteiger partial charge in [0, 0.05) is 25.2 Å². The fourth-order valence-electron chi connectivity index (χ4n) is 2.98. The second-order valence-corrected chi connectivity index (χ2v) is 5.95. The van der Waals surface area contributed by atoms with Gasteiger partial charge in [0.1, 0.15) is 11.6 Å². The molecule has 2 aromatic carbocycles. The first-order valence-electron chi connectivity index (χ1n) is 8.03. The molecule has 1 fully saturated rings. The van der Waals surface area contributed by atoms with Gasteiger partial charge < -0.3 is 4.74 Å². The number of morpholine rings is 1. The van der Waals surface area contributed by atoms with Gasteiger partial charge in [0.15, 0.2) is 0 Å². The molecule has 2 nitrogen and oxygen atoms in total. The predicted molar refractivity (Wildman–Crippen MR) is 86.1 cm³/mol. The zero-order valence-corrected chi connectivity index (χ0v) is 13.1. The van der Waals surface area contributed by atoms with Crippen LogP contribution in [0.15, 0.2) is 48.5 Å². The number of benzene rings is 2. The maximum Gasteiger partial charge on any atom is 0.130 e. The molecule has 0 aromatic heterocycles. The highest BCUT2D eigenvalue weighted by Gasteiger charge is 2.22. The van der Waals surface area contributed by atoms with Gasteiger partial charge in [0.25, 0.3) is 0 Å². The molecule has 0 amide bonds.